The molecule has 4 nitrogen and oxygen atoms in total. The zero-order valence-corrected chi connectivity index (χ0v) is 19.9. The lowest BCUT2D eigenvalue weighted by Crippen LogP contribution is -2.31. The van der Waals surface area contributed by atoms with E-state index >= 15 is 0 Å². The molecule has 0 radical (unpaired) electrons. The Morgan fingerprint density at radius 3 is 1.12 bits per heavy atom. The fourth-order valence-electron chi connectivity index (χ4n) is 3.14. The predicted octanol–water partition coefficient (Wildman–Crippen LogP) is 6.64. The molecule has 0 saturated heterocycles. The number of unbranched alkanes of at least 4 members (excludes halogenated alkanes) is 7. The summed E-state index contributed by atoms with van der Waals surface area (Å²) < 4.78 is 0. The summed E-state index contributed by atoms with van der Waals surface area (Å²) in [5, 5.41) is 18.2. The molecule has 0 unspecified atom stereocenters. The summed E-state index contributed by atoms with van der Waals surface area (Å²) in [4.78, 5) is 21.1. The third kappa shape index (κ3) is 10.3. The molecule has 0 aromatic rings. The van der Waals surface area contributed by atoms with Crippen LogP contribution in [0.3, 0.4) is 0 Å². The van der Waals surface area contributed by atoms with Crippen LogP contribution >= 0.6 is 31.9 Å². The van der Waals surface area contributed by atoms with Crippen LogP contribution in [0.2, 0.25) is 0 Å². The van der Waals surface area contributed by atoms with Crippen LogP contribution < -0.4 is 0 Å². The lowest BCUT2D eigenvalue weighted by atomic mass is 9.83. The molecule has 2 atom stereocenters. The van der Waals surface area contributed by atoms with E-state index in [9.17, 15) is 9.59 Å². The molecule has 0 saturated carbocycles. The van der Waals surface area contributed by atoms with Gasteiger partial charge in [0.25, 0.3) is 0 Å². The standard InChI is InChI=1S/C20H36Br2O4/c1-19(2,15(21)17(23)24)13-11-9-7-5-6-8-10-12-14-20(3,4)16(22)18(25)26/h15-16H,5-14H2,1-4H3,(H,23,24)(H,25,26)/t15-,16-/m0/s1. The minimum absolute atomic E-state index is 0.220. The van der Waals surface area contributed by atoms with E-state index in [1.54, 1.807) is 0 Å². The van der Waals surface area contributed by atoms with Gasteiger partial charge in [-0.25, -0.2) is 0 Å². The Kier molecular flexibility index (Phi) is 12.3. The Balaban J connectivity index is 3.69. The number of rotatable bonds is 15. The highest BCUT2D eigenvalue weighted by Gasteiger charge is 2.33. The molecule has 6 heteroatoms. The summed E-state index contributed by atoms with van der Waals surface area (Å²) in [6.07, 6.45) is 11.1. The van der Waals surface area contributed by atoms with E-state index < -0.39 is 21.6 Å². The molecule has 0 fully saturated rings. The Morgan fingerprint density at radius 2 is 0.885 bits per heavy atom. The van der Waals surface area contributed by atoms with Gasteiger partial charge in [-0.1, -0.05) is 111 Å². The highest BCUT2D eigenvalue weighted by molar-refractivity contribution is 9.10. The zero-order chi connectivity index (χ0) is 20.4. The van der Waals surface area contributed by atoms with Crippen LogP contribution in [0.15, 0.2) is 0 Å². The van der Waals surface area contributed by atoms with Crippen LogP contribution in [0.25, 0.3) is 0 Å². The van der Waals surface area contributed by atoms with Gasteiger partial charge in [0.15, 0.2) is 0 Å². The van der Waals surface area contributed by atoms with Gasteiger partial charge in [0.05, 0.1) is 0 Å². The van der Waals surface area contributed by atoms with Gasteiger partial charge in [-0.05, 0) is 23.7 Å². The first-order valence-electron chi connectivity index (χ1n) is 9.65. The number of hydrogen-bond donors (Lipinski definition) is 2. The van der Waals surface area contributed by atoms with Gasteiger partial charge in [0.1, 0.15) is 9.65 Å². The number of carboxylic acid groups (broad SMARTS) is 2. The summed E-state index contributed by atoms with van der Waals surface area (Å²) in [6, 6.07) is 0. The Bertz CT molecular complexity index is 396. The first kappa shape index (κ1) is 25.9. The van der Waals surface area contributed by atoms with E-state index in [4.69, 9.17) is 10.2 Å². The Hall–Kier alpha value is -0.100. The fraction of sp³-hybridized carbons (Fsp3) is 0.900. The minimum atomic E-state index is -0.784. The molecule has 0 aliphatic rings. The molecule has 0 rings (SSSR count). The summed E-state index contributed by atoms with van der Waals surface area (Å²) in [5.41, 5.74) is -0.441. The van der Waals surface area contributed by atoms with Crippen LogP contribution in [-0.4, -0.2) is 31.8 Å². The molecule has 0 aliphatic carbocycles. The topological polar surface area (TPSA) is 74.6 Å². The van der Waals surface area contributed by atoms with Crippen LogP contribution in [0.1, 0.15) is 91.9 Å². The second-order valence-electron chi connectivity index (χ2n) is 8.71. The molecule has 2 N–H and O–H groups in total. The van der Waals surface area contributed by atoms with Gasteiger partial charge in [-0.15, -0.1) is 0 Å². The SMILES string of the molecule is CC(C)(CCCCCCCCCCC(C)(C)[C@@H](Br)C(=O)O)[C@@H](Br)C(=O)O. The van der Waals surface area contributed by atoms with Crippen LogP contribution in [0.4, 0.5) is 0 Å². The van der Waals surface area contributed by atoms with Crippen molar-refractivity contribution in [3.05, 3.63) is 0 Å². The smallest absolute Gasteiger partial charge is 0.317 e. The molecule has 0 aliphatic heterocycles. The van der Waals surface area contributed by atoms with Gasteiger partial charge in [0.2, 0.25) is 0 Å². The molecule has 26 heavy (non-hydrogen) atoms. The van der Waals surface area contributed by atoms with Crippen LogP contribution in [-0.2, 0) is 9.59 Å². The summed E-state index contributed by atoms with van der Waals surface area (Å²) in [7, 11) is 0. The normalized spacial score (nSPS) is 14.8. The maximum absolute atomic E-state index is 11.1. The quantitative estimate of drug-likeness (QED) is 0.195. The van der Waals surface area contributed by atoms with E-state index in [1.165, 1.54) is 25.7 Å². The Morgan fingerprint density at radius 1 is 0.654 bits per heavy atom. The lowest BCUT2D eigenvalue weighted by molar-refractivity contribution is -0.139. The number of carboxylic acids is 2. The first-order chi connectivity index (χ1) is 11.9. The van der Waals surface area contributed by atoms with Crippen molar-refractivity contribution in [3.8, 4) is 0 Å². The highest BCUT2D eigenvalue weighted by atomic mass is 79.9. The average molecular weight is 500 g/mol. The van der Waals surface area contributed by atoms with Crippen molar-refractivity contribution in [2.45, 2.75) is 102 Å². The van der Waals surface area contributed by atoms with Gasteiger partial charge in [0, 0.05) is 0 Å². The van der Waals surface area contributed by atoms with Crippen molar-refractivity contribution >= 4 is 43.8 Å². The summed E-state index contributed by atoms with van der Waals surface area (Å²) in [6.45, 7) is 8.02. The zero-order valence-electron chi connectivity index (χ0n) is 16.7. The van der Waals surface area contributed by atoms with Gasteiger partial charge < -0.3 is 10.2 Å². The van der Waals surface area contributed by atoms with E-state index in [1.807, 2.05) is 27.7 Å². The monoisotopic (exact) mass is 498 g/mol. The first-order valence-corrected chi connectivity index (χ1v) is 11.5. The number of aliphatic carboxylic acids is 2. The van der Waals surface area contributed by atoms with Crippen molar-refractivity contribution in [3.63, 3.8) is 0 Å². The van der Waals surface area contributed by atoms with E-state index in [2.05, 4.69) is 31.9 Å². The number of alkyl halides is 2. The van der Waals surface area contributed by atoms with Gasteiger partial charge in [-0.2, -0.15) is 0 Å². The maximum Gasteiger partial charge on any atom is 0.317 e. The largest absolute Gasteiger partial charge is 0.480 e. The number of halogens is 2. The molecule has 154 valence electrons. The second-order valence-corrected chi connectivity index (χ2v) is 10.5. The van der Waals surface area contributed by atoms with E-state index in [0.29, 0.717) is 0 Å². The molecule has 0 aromatic carbocycles. The molecule has 0 heterocycles. The molecule has 0 aromatic heterocycles. The Labute approximate surface area is 175 Å². The maximum atomic E-state index is 11.1. The molecular formula is C20H36Br2O4. The molecule has 0 bridgehead atoms. The van der Waals surface area contributed by atoms with Gasteiger partial charge in [-0.3, -0.25) is 9.59 Å². The van der Waals surface area contributed by atoms with Gasteiger partial charge >= 0.3 is 11.9 Å². The van der Waals surface area contributed by atoms with Crippen molar-refractivity contribution in [2.75, 3.05) is 0 Å². The van der Waals surface area contributed by atoms with E-state index in [-0.39, 0.29) is 10.8 Å². The third-order valence-corrected chi connectivity index (χ3v) is 8.46. The highest BCUT2D eigenvalue weighted by Crippen LogP contribution is 2.34. The molecule has 0 spiro atoms. The van der Waals surface area contributed by atoms with E-state index in [0.717, 1.165) is 38.5 Å². The summed E-state index contributed by atoms with van der Waals surface area (Å²) in [5.74, 6) is -1.57. The fourth-order valence-corrected chi connectivity index (χ4v) is 3.60. The second kappa shape index (κ2) is 12.4. The number of carbonyl (C=O) groups is 2. The van der Waals surface area contributed by atoms with Crippen molar-refractivity contribution in [2.24, 2.45) is 10.8 Å². The molecule has 0 amide bonds. The van der Waals surface area contributed by atoms with Crippen molar-refractivity contribution in [1.29, 1.82) is 0 Å². The van der Waals surface area contributed by atoms with Crippen LogP contribution in [0.5, 0.6) is 0 Å². The van der Waals surface area contributed by atoms with Crippen molar-refractivity contribution in [1.82, 2.24) is 0 Å². The number of hydrogen-bond acceptors (Lipinski definition) is 2. The molecular weight excluding hydrogens is 464 g/mol. The average Bonchev–Trinajstić information content (AvgIpc) is 2.54. The predicted molar refractivity (Wildman–Crippen MR) is 114 cm³/mol. The third-order valence-electron chi connectivity index (χ3n) is 5.20. The minimum Gasteiger partial charge on any atom is -0.480 e. The lowest BCUT2D eigenvalue weighted by Gasteiger charge is -2.27. The summed E-state index contributed by atoms with van der Waals surface area (Å²) >= 11 is 6.55. The van der Waals surface area contributed by atoms with Crippen molar-refractivity contribution < 1.29 is 19.8 Å². The van der Waals surface area contributed by atoms with Crippen LogP contribution in [0, 0.1) is 10.8 Å².